The summed E-state index contributed by atoms with van der Waals surface area (Å²) >= 11 is 0. The summed E-state index contributed by atoms with van der Waals surface area (Å²) in [6.45, 7) is 0. The van der Waals surface area contributed by atoms with Gasteiger partial charge in [-0.1, -0.05) is 0 Å². The molecule has 0 rings (SSSR count). The van der Waals surface area contributed by atoms with Gasteiger partial charge in [0.05, 0.1) is 0 Å². The van der Waals surface area contributed by atoms with E-state index >= 15 is 0 Å². The van der Waals surface area contributed by atoms with E-state index in [0.717, 1.165) is 0 Å². The van der Waals surface area contributed by atoms with E-state index in [1.165, 1.54) is 0 Å². The second-order valence-electron chi connectivity index (χ2n) is 0. The second kappa shape index (κ2) is 20400. The molecule has 0 aliphatic carbocycles. The van der Waals surface area contributed by atoms with Crippen molar-refractivity contribution in [2.75, 3.05) is 0 Å². The Kier molecular flexibility index (Phi) is 5150000. The molecule has 0 amide bonds. The summed E-state index contributed by atoms with van der Waals surface area (Å²) in [7, 11) is 0. The van der Waals surface area contributed by atoms with E-state index in [1.807, 2.05) is 0 Å². The van der Waals surface area contributed by atoms with Gasteiger partial charge in [-0.05, 0) is 0 Å². The minimum absolute atomic E-state index is 0. The van der Waals surface area contributed by atoms with E-state index in [-0.39, 0.29) is 654 Å². The first kappa shape index (κ1) is 21100. The third-order valence-corrected chi connectivity index (χ3v) is 0. The second-order valence-corrected chi connectivity index (χ2v) is 0. The van der Waals surface area contributed by atoms with Crippen molar-refractivity contribution in [1.29, 1.82) is 0 Å². The predicted molar refractivity (Wildman–Crippen MR) is 276 cm³/mol. The van der Waals surface area contributed by atoms with Crippen molar-refractivity contribution in [2.24, 2.45) is 0 Å². The summed E-state index contributed by atoms with van der Waals surface area (Å²) in [6.07, 6.45) is 0. The van der Waals surface area contributed by atoms with Crippen LogP contribution in [0.25, 0.3) is 0 Å². The third kappa shape index (κ3) is 19800. The summed E-state index contributed by atoms with van der Waals surface area (Å²) in [6, 6.07) is 0. The van der Waals surface area contributed by atoms with Gasteiger partial charge < -0.3 is 393 Å². The minimum Gasteiger partial charge on any atom is -0.412 e. The molecular formula is H151Mo11N6O65PZn. The summed E-state index contributed by atoms with van der Waals surface area (Å²) in [4.78, 5) is 0. The van der Waals surface area contributed by atoms with Gasteiger partial charge in [-0.25, -0.2) is 0 Å². The Hall–Kier alpha value is 5.78. The molecule has 644 valence electrons. The van der Waals surface area contributed by atoms with Gasteiger partial charge in [-0.3, -0.25) is 0 Å². The molecule has 0 aromatic heterocycles. The van der Waals surface area contributed by atoms with E-state index < -0.39 is 0 Å². The Bertz CT molecular complexity index is 91.9. The van der Waals surface area contributed by atoms with E-state index in [0.29, 0.717) is 0 Å². The van der Waals surface area contributed by atoms with Crippen LogP contribution in [0.5, 0.6) is 0 Å². The van der Waals surface area contributed by atoms with Crippen LogP contribution in [0.2, 0.25) is 0 Å². The predicted octanol–water partition coefficient (Wildman–Crippen LogP) is -52.6. The van der Waals surface area contributed by atoms with Crippen LogP contribution in [0.3, 0.4) is 0 Å². The maximum Gasteiger partial charge on any atom is 0 e. The molecule has 148 N–H and O–H groups in total. The maximum absolute atomic E-state index is 0. The zero-order chi connectivity index (χ0) is 0. The molecule has 0 saturated carbocycles. The molecule has 0 radical (unpaired) electrons. The van der Waals surface area contributed by atoms with Crippen LogP contribution < -0.4 is 36.9 Å². The van der Waals surface area contributed by atoms with Crippen molar-refractivity contribution < 1.29 is 607 Å². The average Bonchev–Trinajstić information content (AvgIpc) is 0. The number of rotatable bonds is 0. The molecule has 0 aliphatic rings. The first-order chi connectivity index (χ1) is 0. The van der Waals surface area contributed by atoms with Gasteiger partial charge >= 0.3 is 0 Å². The van der Waals surface area contributed by atoms with Crippen molar-refractivity contribution in [3.8, 4) is 0 Å². The maximum atomic E-state index is 0. The molecule has 0 aliphatic heterocycles. The van der Waals surface area contributed by atoms with Crippen LogP contribution >= 0.6 is 9.90 Å². The normalized spacial score (nSPS) is 0. The zero-order valence-electron chi connectivity index (χ0n) is 42.6. The minimum atomic E-state index is 0. The molecule has 0 aromatic rings. The Morgan fingerprint density at radius 1 is 0.0595 bits per heavy atom. The van der Waals surface area contributed by atoms with Crippen LogP contribution in [-0.4, -0.2) is 356 Å². The Morgan fingerprint density at radius 3 is 0.0595 bits per heavy atom. The Balaban J connectivity index is 0. The van der Waals surface area contributed by atoms with Crippen LogP contribution in [0.4, 0.5) is 0 Å². The van der Waals surface area contributed by atoms with Crippen molar-refractivity contribution >= 4 is 9.90 Å². The molecule has 0 saturated heterocycles. The molecule has 1 atom stereocenters. The van der Waals surface area contributed by atoms with E-state index in [1.54, 1.807) is 0 Å². The average molecular weight is 2430 g/mol. The first-order valence-corrected chi connectivity index (χ1v) is 0. The molecule has 0 fully saturated rings. The quantitative estimate of drug-likeness (QED) is 0.101. The fourth-order valence-corrected chi connectivity index (χ4v) is 0. The largest absolute Gasteiger partial charge is 0.412 e. The van der Waals surface area contributed by atoms with Gasteiger partial charge in [0.25, 0.3) is 0 Å². The first-order valence-electron chi connectivity index (χ1n) is 0. The molecule has 0 bridgehead atoms. The van der Waals surface area contributed by atoms with Gasteiger partial charge in [0.1, 0.15) is 0 Å². The molecule has 0 heterocycles. The van der Waals surface area contributed by atoms with Crippen LogP contribution in [0, 0.1) is 0 Å². The zero-order valence-corrected chi connectivity index (χ0v) is 69.1. The Labute approximate surface area is 647 Å². The third-order valence-electron chi connectivity index (χ3n) is 0. The van der Waals surface area contributed by atoms with Gasteiger partial charge in [-0.15, -0.1) is 0 Å². The van der Waals surface area contributed by atoms with E-state index in [2.05, 4.69) is 0 Å². The van der Waals surface area contributed by atoms with Crippen LogP contribution in [0.15, 0.2) is 0 Å². The van der Waals surface area contributed by atoms with Crippen LogP contribution in [-0.2, 0) is 251 Å². The van der Waals surface area contributed by atoms with Gasteiger partial charge in [-0.2, -0.15) is 9.90 Å². The van der Waals surface area contributed by atoms with E-state index in [9.17, 15) is 0 Å². The SMILES string of the molecule is N.N.N.N.N.N.O.O.O.O.O.O.O.O.O.O.O.O.O.O.O.O.O.O.O.O.O.O.O.O.O.O.O.O.O.O.O.O.O.O.O.O.O.O.O.O.O.O.O.O.O.O.O.O.O.O.O.O.O.O.O.O.O.O.O.O.O.O.O.O.O.P.[Mo].[Mo].[Mo].[Mo].[Mo].[Mo].[Mo].[Mo].[Mo].[Mo].[Mo].[Zn]. The Morgan fingerprint density at radius 2 is 0.0595 bits per heavy atom. The summed E-state index contributed by atoms with van der Waals surface area (Å²) in [5, 5.41) is 0. The summed E-state index contributed by atoms with van der Waals surface area (Å²) in [5.41, 5.74) is 0. The van der Waals surface area contributed by atoms with Crippen molar-refractivity contribution in [3.63, 3.8) is 0 Å². The van der Waals surface area contributed by atoms with Crippen molar-refractivity contribution in [1.82, 2.24) is 36.9 Å². The van der Waals surface area contributed by atoms with Crippen molar-refractivity contribution in [3.05, 3.63) is 0 Å². The number of hydrogen-bond donors (Lipinski definition) is 6. The van der Waals surface area contributed by atoms with Gasteiger partial charge in [0.15, 0.2) is 0 Å². The van der Waals surface area contributed by atoms with Crippen LogP contribution in [0.1, 0.15) is 0 Å². The molecule has 1 unspecified atom stereocenters. The van der Waals surface area contributed by atoms with Crippen molar-refractivity contribution in [2.45, 2.75) is 0 Å². The fraction of sp³-hybridized carbons (Fsp3) is 0. The number of hydrogen-bond acceptors (Lipinski definition) is 6. The molecule has 0 spiro atoms. The monoisotopic (exact) mass is 2450 g/mol. The molecule has 84 heavy (non-hydrogen) atoms. The summed E-state index contributed by atoms with van der Waals surface area (Å²) < 4.78 is 0. The van der Waals surface area contributed by atoms with E-state index in [4.69, 9.17) is 0 Å². The topological polar surface area (TPSA) is 2260 Å². The van der Waals surface area contributed by atoms with Gasteiger partial charge in [0, 0.05) is 251 Å². The molecule has 0 aromatic carbocycles. The smallest absolute Gasteiger partial charge is 0 e. The standard InChI is InChI=1S/11Mo.6H3N.65H2O.H3P.Zn/h;;;;;;;;;;;6*1H3;65*1H2;1H3;. The molecular weight excluding hydrogens is 2280 g/mol. The molecule has 71 nitrogen and oxygen atoms in total. The molecule has 84 heteroatoms. The van der Waals surface area contributed by atoms with Gasteiger partial charge in [0.2, 0.25) is 0 Å². The summed E-state index contributed by atoms with van der Waals surface area (Å²) in [5.74, 6) is 0. The fourth-order valence-electron chi connectivity index (χ4n) is 0.